The number of aryl methyl sites for hydroxylation is 3. The van der Waals surface area contributed by atoms with Crippen LogP contribution in [0.3, 0.4) is 0 Å². The molecule has 125 heavy (non-hydrogen) atoms. The normalized spacial score (nSPS) is 13.9. The zero-order valence-electron chi connectivity index (χ0n) is 71.0. The summed E-state index contributed by atoms with van der Waals surface area (Å²) in [5, 5.41) is 9.73. The minimum absolute atomic E-state index is 0.0304. The summed E-state index contributed by atoms with van der Waals surface area (Å²) in [6, 6.07) is 121. The molecule has 1 fully saturated rings. The van der Waals surface area contributed by atoms with Gasteiger partial charge in [-0.2, -0.15) is 0 Å². The number of rotatable bonds is 35. The standard InChI is InChI=1S/C23H22N2O.C23H23NO.C22H22N2O.C22H24N2.C22H21NO2/c26-23(25-20-11-5-2-6-12-20)22-15-19(18-10-7-13-24-16-18)14-21(22)17-8-3-1-4-9-17;25-23(17-20-10-5-2-6-11-20)22(16-19-8-3-1-4-9-19)14-13-21-12-7-15-24-18-21;25-22(24-21-11-5-2-6-12-21)20(16-18-8-3-1-4-9-18)14-13-19-10-7-15-23-17-19;1-3-8-19(9-4-1)16-21(14-13-20-10-7-15-23-17-20)18-24-22-11-5-2-6-12-22;24-21(14-18-8-3-1-4-9-18)22(15-19-10-5-2-6-11-19)25-17-20-12-7-13-23-16-20/h1-13,16,19,21-22H,14-15H2,(H,25,26);1-12,15,18,22H,13-14,16-17H2;1-12,15,17,20H,13-14,16H2,(H,24,25);1-12,15,17,21,24H,13-14,16,18H2;1-13,16,22H,14-15,17H2. The van der Waals surface area contributed by atoms with Gasteiger partial charge in [-0.05, 0) is 222 Å². The highest BCUT2D eigenvalue weighted by Gasteiger charge is 2.40. The van der Waals surface area contributed by atoms with E-state index < -0.39 is 6.10 Å². The maximum Gasteiger partial charge on any atom is 0.228 e. The van der Waals surface area contributed by atoms with E-state index in [4.69, 9.17) is 4.74 Å². The Morgan fingerprint density at radius 1 is 0.312 bits per heavy atom. The van der Waals surface area contributed by atoms with Crippen molar-refractivity contribution >= 4 is 40.4 Å². The van der Waals surface area contributed by atoms with Crippen LogP contribution in [0, 0.1) is 23.7 Å². The fourth-order valence-electron chi connectivity index (χ4n) is 15.7. The highest BCUT2D eigenvalue weighted by molar-refractivity contribution is 5.94. The van der Waals surface area contributed by atoms with Gasteiger partial charge in [0, 0.05) is 123 Å². The smallest absolute Gasteiger partial charge is 0.228 e. The number of carbonyl (C=O) groups is 4. The second-order valence-electron chi connectivity index (χ2n) is 31.7. The number of nitrogens with zero attached hydrogens (tertiary/aromatic N) is 5. The van der Waals surface area contributed by atoms with Crippen LogP contribution in [-0.4, -0.2) is 60.9 Å². The lowest BCUT2D eigenvalue weighted by Crippen LogP contribution is -2.28. The average molecular weight is 1650 g/mol. The quantitative estimate of drug-likeness (QED) is 0.0344. The van der Waals surface area contributed by atoms with Gasteiger partial charge in [-0.1, -0.05) is 297 Å². The second kappa shape index (κ2) is 51.7. The number of benzene rings is 10. The summed E-state index contributed by atoms with van der Waals surface area (Å²) in [6.07, 6.45) is 29.4. The molecule has 13 nitrogen and oxygen atoms in total. The Kier molecular flexibility index (Phi) is 37.3. The molecule has 13 heteroatoms. The van der Waals surface area contributed by atoms with Gasteiger partial charge in [0.2, 0.25) is 11.8 Å². The molecular formula is C112H112N8O5. The summed E-state index contributed by atoms with van der Waals surface area (Å²) in [6.45, 7) is 1.37. The maximum absolute atomic E-state index is 13.0. The van der Waals surface area contributed by atoms with Gasteiger partial charge < -0.3 is 20.7 Å². The molecule has 3 N–H and O–H groups in total. The molecular weight excluding hydrogens is 1540 g/mol. The van der Waals surface area contributed by atoms with E-state index in [1.54, 1.807) is 31.0 Å². The molecule has 0 bridgehead atoms. The summed E-state index contributed by atoms with van der Waals surface area (Å²) < 4.78 is 5.98. The van der Waals surface area contributed by atoms with Gasteiger partial charge in [-0.3, -0.25) is 44.1 Å². The monoisotopic (exact) mass is 1650 g/mol. The van der Waals surface area contributed by atoms with Gasteiger partial charge in [0.1, 0.15) is 11.9 Å². The third-order valence-corrected chi connectivity index (χ3v) is 22.4. The fraction of sp³-hybridized carbons (Fsp3) is 0.205. The lowest BCUT2D eigenvalue weighted by molar-refractivity contribution is -0.130. The van der Waals surface area contributed by atoms with E-state index in [0.717, 1.165) is 116 Å². The maximum atomic E-state index is 13.0. The Hall–Kier alpha value is -14.0. The van der Waals surface area contributed by atoms with Crippen molar-refractivity contribution in [3.63, 3.8) is 0 Å². The Balaban J connectivity index is 0.000000142. The molecule has 5 aromatic heterocycles. The van der Waals surface area contributed by atoms with Crippen LogP contribution in [0.1, 0.15) is 111 Å². The van der Waals surface area contributed by atoms with Crippen molar-refractivity contribution in [1.82, 2.24) is 24.9 Å². The number of aromatic nitrogens is 5. The molecule has 5 heterocycles. The number of carbonyl (C=O) groups excluding carboxylic acids is 4. The number of para-hydroxylation sites is 3. The number of anilines is 3. The summed E-state index contributed by atoms with van der Waals surface area (Å²) in [7, 11) is 0. The molecule has 0 aliphatic heterocycles. The molecule has 0 spiro atoms. The number of hydrogen-bond donors (Lipinski definition) is 3. The lowest BCUT2D eigenvalue weighted by Gasteiger charge is -2.19. The Bertz CT molecular complexity index is 5100. The largest absolute Gasteiger partial charge is 0.385 e. The number of ether oxygens (including phenoxy) is 1. The molecule has 7 atom stereocenters. The van der Waals surface area contributed by atoms with Gasteiger partial charge in [-0.15, -0.1) is 0 Å². The number of ketones is 2. The van der Waals surface area contributed by atoms with Gasteiger partial charge >= 0.3 is 0 Å². The molecule has 630 valence electrons. The molecule has 1 aliphatic rings. The van der Waals surface area contributed by atoms with Crippen LogP contribution in [-0.2, 0) is 88.3 Å². The summed E-state index contributed by atoms with van der Waals surface area (Å²) >= 11 is 0. The topological polar surface area (TPSA) is 178 Å². The molecule has 7 unspecified atom stereocenters. The molecule has 0 saturated heterocycles. The summed E-state index contributed by atoms with van der Waals surface area (Å²) in [5.41, 5.74) is 17.0. The first-order valence-electron chi connectivity index (χ1n) is 43.6. The van der Waals surface area contributed by atoms with Crippen molar-refractivity contribution in [3.8, 4) is 0 Å². The van der Waals surface area contributed by atoms with Crippen LogP contribution in [0.25, 0.3) is 0 Å². The molecule has 10 aromatic carbocycles. The van der Waals surface area contributed by atoms with E-state index in [2.05, 4.69) is 174 Å². The van der Waals surface area contributed by atoms with E-state index in [-0.39, 0.29) is 41.3 Å². The van der Waals surface area contributed by atoms with Crippen molar-refractivity contribution < 1.29 is 23.9 Å². The SMILES string of the molecule is O=C(Cc1ccccc1)C(CCc1cccnc1)Cc1ccccc1.O=C(Cc1ccccc1)C(Cc1ccccc1)OCc1cccnc1.O=C(Nc1ccccc1)C(CCc1cccnc1)Cc1ccccc1.O=C(Nc1ccccc1)C1CC(c2cccnc2)CC1c1ccccc1.c1ccc(CC(CCc2cccnc2)CNc2ccccc2)cc1. The van der Waals surface area contributed by atoms with Crippen molar-refractivity contribution in [3.05, 3.63) is 493 Å². The predicted octanol–water partition coefficient (Wildman–Crippen LogP) is 23.2. The van der Waals surface area contributed by atoms with Gasteiger partial charge in [0.15, 0.2) is 5.78 Å². The highest BCUT2D eigenvalue weighted by Crippen LogP contribution is 2.48. The summed E-state index contributed by atoms with van der Waals surface area (Å²) in [5.74, 6) is 1.68. The zero-order valence-corrected chi connectivity index (χ0v) is 71.0. The van der Waals surface area contributed by atoms with Crippen LogP contribution in [0.15, 0.2) is 426 Å². The first kappa shape index (κ1) is 90.2. The van der Waals surface area contributed by atoms with Crippen LogP contribution >= 0.6 is 0 Å². The minimum Gasteiger partial charge on any atom is -0.385 e. The Morgan fingerprint density at radius 2 is 0.664 bits per heavy atom. The van der Waals surface area contributed by atoms with E-state index >= 15 is 0 Å². The third-order valence-electron chi connectivity index (χ3n) is 22.4. The van der Waals surface area contributed by atoms with E-state index in [1.165, 1.54) is 44.6 Å². The first-order chi connectivity index (χ1) is 61.6. The average Bonchev–Trinajstić information content (AvgIpc) is 1.65. The fourth-order valence-corrected chi connectivity index (χ4v) is 15.7. The van der Waals surface area contributed by atoms with Crippen molar-refractivity contribution in [2.24, 2.45) is 23.7 Å². The van der Waals surface area contributed by atoms with Crippen LogP contribution in [0.2, 0.25) is 0 Å². The van der Waals surface area contributed by atoms with Crippen LogP contribution < -0.4 is 16.0 Å². The Labute approximate surface area is 738 Å². The molecule has 1 saturated carbocycles. The highest BCUT2D eigenvalue weighted by atomic mass is 16.5. The second-order valence-corrected chi connectivity index (χ2v) is 31.7. The first-order valence-corrected chi connectivity index (χ1v) is 43.6. The van der Waals surface area contributed by atoms with Gasteiger partial charge in [-0.25, -0.2) is 0 Å². The zero-order chi connectivity index (χ0) is 86.2. The number of Topliss-reactive ketones (excluding diaryl/α,β-unsaturated/α-hetero) is 2. The van der Waals surface area contributed by atoms with Gasteiger partial charge in [0.05, 0.1) is 6.61 Å². The molecule has 2 amide bonds. The van der Waals surface area contributed by atoms with Crippen molar-refractivity contribution in [2.45, 2.75) is 114 Å². The molecule has 1 aliphatic carbocycles. The van der Waals surface area contributed by atoms with E-state index in [9.17, 15) is 19.2 Å². The third kappa shape index (κ3) is 32.4. The van der Waals surface area contributed by atoms with Gasteiger partial charge in [0.25, 0.3) is 0 Å². The molecule has 0 radical (unpaired) electrons. The van der Waals surface area contributed by atoms with Crippen LogP contribution in [0.4, 0.5) is 17.1 Å². The molecule has 15 aromatic rings. The summed E-state index contributed by atoms with van der Waals surface area (Å²) in [4.78, 5) is 72.5. The van der Waals surface area contributed by atoms with Crippen LogP contribution in [0.5, 0.6) is 0 Å². The van der Waals surface area contributed by atoms with Crippen molar-refractivity contribution in [2.75, 3.05) is 22.5 Å². The number of amides is 2. The number of pyridine rings is 5. The Morgan fingerprint density at radius 3 is 1.11 bits per heavy atom. The van der Waals surface area contributed by atoms with E-state index in [1.807, 2.05) is 262 Å². The molecule has 16 rings (SSSR count). The van der Waals surface area contributed by atoms with Crippen molar-refractivity contribution in [1.29, 1.82) is 0 Å². The lowest BCUT2D eigenvalue weighted by atomic mass is 9.87. The predicted molar refractivity (Wildman–Crippen MR) is 506 cm³/mol. The number of nitrogens with one attached hydrogen (secondary N) is 3. The number of hydrogen-bond acceptors (Lipinski definition) is 11. The van der Waals surface area contributed by atoms with E-state index in [0.29, 0.717) is 43.5 Å². The minimum atomic E-state index is -0.470.